The highest BCUT2D eigenvalue weighted by Crippen LogP contribution is 2.22. The van der Waals surface area contributed by atoms with Crippen LogP contribution in [0.4, 0.5) is 0 Å². The summed E-state index contributed by atoms with van der Waals surface area (Å²) in [6.45, 7) is 4.04. The Hall–Kier alpha value is -2.33. The first kappa shape index (κ1) is 27.7. The van der Waals surface area contributed by atoms with Crippen molar-refractivity contribution in [2.75, 3.05) is 48.4 Å². The summed E-state index contributed by atoms with van der Waals surface area (Å²) in [5.74, 6) is 1.60. The first-order valence-corrected chi connectivity index (χ1v) is 10.5. The van der Waals surface area contributed by atoms with Gasteiger partial charge in [0.2, 0.25) is 0 Å². The summed E-state index contributed by atoms with van der Waals surface area (Å²) in [6.07, 6.45) is 0. The number of nitrogens with one attached hydrogen (secondary N) is 2. The molecule has 2 N–H and O–H groups in total. The molecule has 8 heteroatoms. The number of hydrogen-bond donors (Lipinski definition) is 2. The molecule has 0 heterocycles. The molecule has 0 aliphatic carbocycles. The molecule has 2 aromatic carbocycles. The standard InChI is InChI=1S/C24H35N5O2.HI/c1-7-25-24(26-16-18-11-13-19(14-12-18)23(30)29(4)5)27-17-22(28(2)3)20-9-8-10-21(15-20)31-6;/h8-15,22H,7,16-17H2,1-6H3,(H2,25,26,27);1H. The van der Waals surface area contributed by atoms with Gasteiger partial charge in [-0.2, -0.15) is 0 Å². The number of guanidine groups is 1. The molecule has 7 nitrogen and oxygen atoms in total. The first-order valence-electron chi connectivity index (χ1n) is 10.5. The van der Waals surface area contributed by atoms with Crippen molar-refractivity contribution in [3.8, 4) is 5.75 Å². The number of benzene rings is 2. The van der Waals surface area contributed by atoms with Gasteiger partial charge in [0.25, 0.3) is 5.91 Å². The summed E-state index contributed by atoms with van der Waals surface area (Å²) < 4.78 is 5.37. The van der Waals surface area contributed by atoms with Crippen molar-refractivity contribution in [1.82, 2.24) is 20.4 Å². The molecule has 1 unspecified atom stereocenters. The van der Waals surface area contributed by atoms with E-state index in [1.807, 2.05) is 43.3 Å². The topological polar surface area (TPSA) is 69.2 Å². The highest BCUT2D eigenvalue weighted by atomic mass is 127. The third-order valence-corrected chi connectivity index (χ3v) is 4.94. The number of hydrogen-bond acceptors (Lipinski definition) is 4. The molecule has 0 radical (unpaired) electrons. The minimum absolute atomic E-state index is 0. The van der Waals surface area contributed by atoms with E-state index >= 15 is 0 Å². The smallest absolute Gasteiger partial charge is 0.253 e. The van der Waals surface area contributed by atoms with Gasteiger partial charge in [0.05, 0.1) is 19.7 Å². The molecule has 0 bridgehead atoms. The van der Waals surface area contributed by atoms with Crippen LogP contribution in [0, 0.1) is 0 Å². The van der Waals surface area contributed by atoms with Gasteiger partial charge in [-0.1, -0.05) is 24.3 Å². The van der Waals surface area contributed by atoms with Gasteiger partial charge < -0.3 is 25.2 Å². The van der Waals surface area contributed by atoms with Crippen molar-refractivity contribution >= 4 is 35.8 Å². The molecular weight excluding hydrogens is 517 g/mol. The molecule has 176 valence electrons. The third-order valence-electron chi connectivity index (χ3n) is 4.94. The van der Waals surface area contributed by atoms with E-state index in [-0.39, 0.29) is 35.9 Å². The van der Waals surface area contributed by atoms with E-state index in [0.717, 1.165) is 23.8 Å². The maximum Gasteiger partial charge on any atom is 0.253 e. The molecule has 0 saturated heterocycles. The summed E-state index contributed by atoms with van der Waals surface area (Å²) in [6, 6.07) is 15.9. The van der Waals surface area contributed by atoms with Gasteiger partial charge in [0.1, 0.15) is 5.75 Å². The Balaban J connectivity index is 0.00000512. The number of halogens is 1. The third kappa shape index (κ3) is 8.31. The van der Waals surface area contributed by atoms with E-state index < -0.39 is 0 Å². The van der Waals surface area contributed by atoms with E-state index in [0.29, 0.717) is 18.7 Å². The lowest BCUT2D eigenvalue weighted by Crippen LogP contribution is -2.41. The van der Waals surface area contributed by atoms with Crippen LogP contribution in [0.25, 0.3) is 0 Å². The van der Waals surface area contributed by atoms with Crippen molar-refractivity contribution in [1.29, 1.82) is 0 Å². The van der Waals surface area contributed by atoms with Crippen LogP contribution in [0.15, 0.2) is 53.5 Å². The second-order valence-corrected chi connectivity index (χ2v) is 7.73. The zero-order valence-corrected chi connectivity index (χ0v) is 22.2. The molecule has 0 aliphatic rings. The predicted molar refractivity (Wildman–Crippen MR) is 142 cm³/mol. The number of carbonyl (C=O) groups excluding carboxylic acids is 1. The Labute approximate surface area is 209 Å². The number of ether oxygens (including phenoxy) is 1. The minimum Gasteiger partial charge on any atom is -0.497 e. The van der Waals surface area contributed by atoms with E-state index in [4.69, 9.17) is 9.73 Å². The fourth-order valence-corrected chi connectivity index (χ4v) is 3.16. The highest BCUT2D eigenvalue weighted by molar-refractivity contribution is 14.0. The zero-order valence-electron chi connectivity index (χ0n) is 19.9. The fraction of sp³-hybridized carbons (Fsp3) is 0.417. The Morgan fingerprint density at radius 2 is 1.75 bits per heavy atom. The maximum atomic E-state index is 12.0. The van der Waals surface area contributed by atoms with Gasteiger partial charge in [-0.05, 0) is 56.4 Å². The van der Waals surface area contributed by atoms with E-state index in [1.165, 1.54) is 5.56 Å². The largest absolute Gasteiger partial charge is 0.497 e. The summed E-state index contributed by atoms with van der Waals surface area (Å²) in [5.41, 5.74) is 2.90. The molecule has 0 saturated carbocycles. The van der Waals surface area contributed by atoms with Crippen LogP contribution < -0.4 is 15.4 Å². The minimum atomic E-state index is -0.00248. The fourth-order valence-electron chi connectivity index (χ4n) is 3.16. The number of likely N-dealkylation sites (N-methyl/N-ethyl adjacent to an activating group) is 1. The monoisotopic (exact) mass is 553 g/mol. The van der Waals surface area contributed by atoms with Crippen LogP contribution in [0.3, 0.4) is 0 Å². The molecule has 32 heavy (non-hydrogen) atoms. The van der Waals surface area contributed by atoms with Gasteiger partial charge in [0, 0.05) is 32.7 Å². The summed E-state index contributed by atoms with van der Waals surface area (Å²) in [7, 11) is 9.31. The molecule has 0 fully saturated rings. The molecule has 2 rings (SSSR count). The van der Waals surface area contributed by atoms with E-state index in [9.17, 15) is 4.79 Å². The van der Waals surface area contributed by atoms with Crippen LogP contribution in [-0.4, -0.2) is 70.1 Å². The van der Waals surface area contributed by atoms with E-state index in [2.05, 4.69) is 41.8 Å². The average molecular weight is 553 g/mol. The molecule has 0 spiro atoms. The quantitative estimate of drug-likeness (QED) is 0.283. The normalized spacial score (nSPS) is 12.0. The molecule has 0 aliphatic heterocycles. The van der Waals surface area contributed by atoms with Crippen molar-refractivity contribution in [3.05, 3.63) is 65.2 Å². The van der Waals surface area contributed by atoms with Gasteiger partial charge in [-0.15, -0.1) is 24.0 Å². The van der Waals surface area contributed by atoms with Crippen molar-refractivity contribution in [2.24, 2.45) is 4.99 Å². The molecule has 1 atom stereocenters. The Bertz CT molecular complexity index is 869. The second kappa shape index (κ2) is 13.9. The molecule has 0 aromatic heterocycles. The summed E-state index contributed by atoms with van der Waals surface area (Å²) in [4.78, 5) is 20.5. The predicted octanol–water partition coefficient (Wildman–Crippen LogP) is 3.37. The number of nitrogens with zero attached hydrogens (tertiary/aromatic N) is 3. The van der Waals surface area contributed by atoms with Crippen molar-refractivity contribution in [3.63, 3.8) is 0 Å². The zero-order chi connectivity index (χ0) is 22.8. The summed E-state index contributed by atoms with van der Waals surface area (Å²) >= 11 is 0. The van der Waals surface area contributed by atoms with Crippen LogP contribution in [0.2, 0.25) is 0 Å². The van der Waals surface area contributed by atoms with Crippen LogP contribution in [-0.2, 0) is 6.54 Å². The van der Waals surface area contributed by atoms with Gasteiger partial charge in [-0.25, -0.2) is 4.99 Å². The SMILES string of the molecule is CCNC(=NCc1ccc(C(=O)N(C)C)cc1)NCC(c1cccc(OC)c1)N(C)C.I. The second-order valence-electron chi connectivity index (χ2n) is 7.73. The Morgan fingerprint density at radius 3 is 2.31 bits per heavy atom. The van der Waals surface area contributed by atoms with Crippen molar-refractivity contribution in [2.45, 2.75) is 19.5 Å². The molecule has 1 amide bonds. The number of methoxy groups -OCH3 is 1. The lowest BCUT2D eigenvalue weighted by molar-refractivity contribution is 0.0827. The first-order chi connectivity index (χ1) is 14.8. The highest BCUT2D eigenvalue weighted by Gasteiger charge is 2.15. The van der Waals surface area contributed by atoms with Crippen LogP contribution in [0.1, 0.15) is 34.5 Å². The number of rotatable bonds is 9. The Kier molecular flexibility index (Phi) is 12.1. The Morgan fingerprint density at radius 1 is 1.06 bits per heavy atom. The number of amides is 1. The maximum absolute atomic E-state index is 12.0. The van der Waals surface area contributed by atoms with Crippen molar-refractivity contribution < 1.29 is 9.53 Å². The lowest BCUT2D eigenvalue weighted by atomic mass is 10.1. The summed E-state index contributed by atoms with van der Waals surface area (Å²) in [5, 5.41) is 6.75. The van der Waals surface area contributed by atoms with Gasteiger partial charge in [-0.3, -0.25) is 4.79 Å². The molecular formula is C24H36IN5O2. The molecule has 2 aromatic rings. The average Bonchev–Trinajstić information content (AvgIpc) is 2.77. The van der Waals surface area contributed by atoms with Crippen LogP contribution in [0.5, 0.6) is 5.75 Å². The number of aliphatic imine (C=N–C) groups is 1. The van der Waals surface area contributed by atoms with E-state index in [1.54, 1.807) is 26.1 Å². The lowest BCUT2D eigenvalue weighted by Gasteiger charge is -2.26. The van der Waals surface area contributed by atoms with Crippen LogP contribution >= 0.6 is 24.0 Å². The number of carbonyl (C=O) groups is 1. The van der Waals surface area contributed by atoms with Gasteiger partial charge >= 0.3 is 0 Å². The van der Waals surface area contributed by atoms with Gasteiger partial charge in [0.15, 0.2) is 5.96 Å².